The van der Waals surface area contributed by atoms with Crippen LogP contribution in [-0.4, -0.2) is 23.7 Å². The molecule has 4 heteroatoms. The zero-order chi connectivity index (χ0) is 14.3. The number of carbonyl (C=O) groups excluding carboxylic acids is 1. The van der Waals surface area contributed by atoms with Crippen LogP contribution in [0.2, 0.25) is 0 Å². The molecule has 0 heterocycles. The third-order valence-electron chi connectivity index (χ3n) is 3.32. The number of amides is 1. The van der Waals surface area contributed by atoms with Crippen LogP contribution < -0.4 is 11.1 Å². The minimum atomic E-state index is -0.300. The molecule has 0 aliphatic carbocycles. The molecule has 4 nitrogen and oxygen atoms in total. The highest BCUT2D eigenvalue weighted by molar-refractivity contribution is 5.79. The summed E-state index contributed by atoms with van der Waals surface area (Å²) in [6.07, 6.45) is 1.47. The zero-order valence-corrected chi connectivity index (χ0v) is 11.7. The summed E-state index contributed by atoms with van der Waals surface area (Å²) in [6.45, 7) is 3.93. The third-order valence-corrected chi connectivity index (χ3v) is 3.32. The average molecular weight is 264 g/mol. The Balaban J connectivity index is 2.52. The zero-order valence-electron chi connectivity index (χ0n) is 11.7. The summed E-state index contributed by atoms with van der Waals surface area (Å²) in [6, 6.07) is 9.40. The van der Waals surface area contributed by atoms with Crippen molar-refractivity contribution >= 4 is 5.91 Å². The number of carbonyl (C=O) groups is 1. The van der Waals surface area contributed by atoms with Gasteiger partial charge in [-0.15, -0.1) is 0 Å². The van der Waals surface area contributed by atoms with Gasteiger partial charge >= 0.3 is 0 Å². The summed E-state index contributed by atoms with van der Waals surface area (Å²) >= 11 is 0. The van der Waals surface area contributed by atoms with Crippen molar-refractivity contribution in [3.05, 3.63) is 35.9 Å². The molecule has 1 amide bonds. The van der Waals surface area contributed by atoms with Crippen molar-refractivity contribution in [3.63, 3.8) is 0 Å². The van der Waals surface area contributed by atoms with Crippen molar-refractivity contribution in [1.82, 2.24) is 5.32 Å². The van der Waals surface area contributed by atoms with Crippen LogP contribution in [0.3, 0.4) is 0 Å². The van der Waals surface area contributed by atoms with Crippen LogP contribution in [0.5, 0.6) is 0 Å². The van der Waals surface area contributed by atoms with Crippen molar-refractivity contribution in [1.29, 1.82) is 0 Å². The number of benzene rings is 1. The van der Waals surface area contributed by atoms with Crippen LogP contribution in [-0.2, 0) is 4.79 Å². The first-order valence-electron chi connectivity index (χ1n) is 6.78. The van der Waals surface area contributed by atoms with Gasteiger partial charge in [0.2, 0.25) is 5.91 Å². The maximum Gasteiger partial charge on any atom is 0.224 e. The Morgan fingerprint density at radius 3 is 2.53 bits per heavy atom. The van der Waals surface area contributed by atoms with Crippen LogP contribution in [0.4, 0.5) is 0 Å². The summed E-state index contributed by atoms with van der Waals surface area (Å²) in [5.74, 6) is -0.319. The summed E-state index contributed by atoms with van der Waals surface area (Å²) in [5.41, 5.74) is 7.08. The van der Waals surface area contributed by atoms with Gasteiger partial charge in [0.15, 0.2) is 0 Å². The van der Waals surface area contributed by atoms with E-state index in [1.807, 2.05) is 44.2 Å². The number of hydrogen-bond donors (Lipinski definition) is 3. The molecular formula is C15H24N2O2. The lowest BCUT2D eigenvalue weighted by Crippen LogP contribution is -2.40. The molecule has 0 aliphatic heterocycles. The smallest absolute Gasteiger partial charge is 0.224 e. The van der Waals surface area contributed by atoms with E-state index in [0.29, 0.717) is 6.42 Å². The van der Waals surface area contributed by atoms with Gasteiger partial charge in [0.05, 0.1) is 5.92 Å². The molecular weight excluding hydrogens is 240 g/mol. The van der Waals surface area contributed by atoms with Crippen molar-refractivity contribution in [2.45, 2.75) is 38.8 Å². The molecule has 0 bridgehead atoms. The van der Waals surface area contributed by atoms with Crippen molar-refractivity contribution in [3.8, 4) is 0 Å². The Kier molecular flexibility index (Phi) is 6.53. The van der Waals surface area contributed by atoms with E-state index in [1.165, 1.54) is 0 Å². The normalized spacial score (nSPS) is 15.6. The molecule has 0 fully saturated rings. The number of aliphatic hydroxyl groups excluding tert-OH is 1. The van der Waals surface area contributed by atoms with E-state index in [-0.39, 0.29) is 30.5 Å². The fraction of sp³-hybridized carbons (Fsp3) is 0.533. The highest BCUT2D eigenvalue weighted by Crippen LogP contribution is 2.19. The second-order valence-electron chi connectivity index (χ2n) is 5.00. The summed E-state index contributed by atoms with van der Waals surface area (Å²) < 4.78 is 0. The van der Waals surface area contributed by atoms with Gasteiger partial charge in [0, 0.05) is 18.7 Å². The molecule has 3 unspecified atom stereocenters. The second kappa shape index (κ2) is 7.92. The largest absolute Gasteiger partial charge is 0.396 e. The Hall–Kier alpha value is -1.39. The number of nitrogens with one attached hydrogen (secondary N) is 1. The number of hydrogen-bond acceptors (Lipinski definition) is 3. The van der Waals surface area contributed by atoms with Gasteiger partial charge in [-0.1, -0.05) is 37.3 Å². The van der Waals surface area contributed by atoms with Gasteiger partial charge in [-0.05, 0) is 25.3 Å². The molecule has 0 spiro atoms. The van der Waals surface area contributed by atoms with Crippen molar-refractivity contribution < 1.29 is 9.90 Å². The molecule has 106 valence electrons. The summed E-state index contributed by atoms with van der Waals surface area (Å²) in [4.78, 5) is 12.1. The molecule has 0 saturated carbocycles. The average Bonchev–Trinajstić information content (AvgIpc) is 2.44. The minimum Gasteiger partial charge on any atom is -0.396 e. The van der Waals surface area contributed by atoms with Gasteiger partial charge in [0.25, 0.3) is 0 Å². The van der Waals surface area contributed by atoms with Gasteiger partial charge in [-0.2, -0.15) is 0 Å². The first-order chi connectivity index (χ1) is 9.06. The molecule has 1 rings (SSSR count). The summed E-state index contributed by atoms with van der Waals surface area (Å²) in [7, 11) is 0. The second-order valence-corrected chi connectivity index (χ2v) is 5.00. The molecule has 3 atom stereocenters. The Bertz CT molecular complexity index is 381. The molecule has 1 aromatic carbocycles. The fourth-order valence-electron chi connectivity index (χ4n) is 1.97. The maximum atomic E-state index is 12.1. The number of rotatable bonds is 7. The minimum absolute atomic E-state index is 0.0400. The standard InChI is InChI=1S/C15H24N2O2/c1-11(7-6-10-18)17-15(19)12(2)14(16)13-8-4-3-5-9-13/h3-5,8-9,11-12,14,18H,6-7,10,16H2,1-2H3,(H,17,19). The van der Waals surface area contributed by atoms with Gasteiger partial charge in [0.1, 0.15) is 0 Å². The van der Waals surface area contributed by atoms with Crippen molar-refractivity contribution in [2.75, 3.05) is 6.61 Å². The van der Waals surface area contributed by atoms with Crippen LogP contribution in [0.25, 0.3) is 0 Å². The van der Waals surface area contributed by atoms with Gasteiger partial charge in [-0.3, -0.25) is 4.79 Å². The van der Waals surface area contributed by atoms with Crippen molar-refractivity contribution in [2.24, 2.45) is 11.7 Å². The Labute approximate surface area is 115 Å². The first-order valence-corrected chi connectivity index (χ1v) is 6.78. The van der Waals surface area contributed by atoms with E-state index in [9.17, 15) is 4.79 Å². The van der Waals surface area contributed by atoms with E-state index in [1.54, 1.807) is 0 Å². The lowest BCUT2D eigenvalue weighted by Gasteiger charge is -2.22. The maximum absolute atomic E-state index is 12.1. The number of nitrogens with two attached hydrogens (primary N) is 1. The van der Waals surface area contributed by atoms with Crippen LogP contribution in [0.1, 0.15) is 38.3 Å². The third kappa shape index (κ3) is 5.01. The Morgan fingerprint density at radius 2 is 1.95 bits per heavy atom. The quantitative estimate of drug-likeness (QED) is 0.700. The molecule has 0 saturated heterocycles. The molecule has 19 heavy (non-hydrogen) atoms. The predicted molar refractivity (Wildman–Crippen MR) is 76.5 cm³/mol. The lowest BCUT2D eigenvalue weighted by molar-refractivity contribution is -0.125. The van der Waals surface area contributed by atoms with E-state index < -0.39 is 0 Å². The van der Waals surface area contributed by atoms with Gasteiger partial charge < -0.3 is 16.2 Å². The molecule has 0 aromatic heterocycles. The van der Waals surface area contributed by atoms with Crippen LogP contribution in [0.15, 0.2) is 30.3 Å². The lowest BCUT2D eigenvalue weighted by atomic mass is 9.94. The van der Waals surface area contributed by atoms with E-state index >= 15 is 0 Å². The first kappa shape index (κ1) is 15.7. The number of aliphatic hydroxyl groups is 1. The fourth-order valence-corrected chi connectivity index (χ4v) is 1.97. The monoisotopic (exact) mass is 264 g/mol. The van der Waals surface area contributed by atoms with Crippen LogP contribution in [0, 0.1) is 5.92 Å². The molecule has 1 aromatic rings. The highest BCUT2D eigenvalue weighted by atomic mass is 16.3. The van der Waals surface area contributed by atoms with E-state index in [0.717, 1.165) is 12.0 Å². The molecule has 0 aliphatic rings. The van der Waals surface area contributed by atoms with E-state index in [4.69, 9.17) is 10.8 Å². The molecule has 0 radical (unpaired) electrons. The highest BCUT2D eigenvalue weighted by Gasteiger charge is 2.22. The predicted octanol–water partition coefficient (Wildman–Crippen LogP) is 1.60. The van der Waals surface area contributed by atoms with E-state index in [2.05, 4.69) is 5.32 Å². The van der Waals surface area contributed by atoms with Gasteiger partial charge in [-0.25, -0.2) is 0 Å². The molecule has 4 N–H and O–H groups in total. The summed E-state index contributed by atoms with van der Waals surface area (Å²) in [5, 5.41) is 11.7. The SMILES string of the molecule is CC(CCCO)NC(=O)C(C)C(N)c1ccccc1. The van der Waals surface area contributed by atoms with Crippen LogP contribution >= 0.6 is 0 Å². The Morgan fingerprint density at radius 1 is 1.32 bits per heavy atom. The topological polar surface area (TPSA) is 75.3 Å².